The molecule has 104 valence electrons. The molecule has 0 heterocycles. The van der Waals surface area contributed by atoms with Crippen LogP contribution in [-0.2, 0) is 10.8 Å². The molecule has 0 spiro atoms. The Balaban J connectivity index is 2.15. The summed E-state index contributed by atoms with van der Waals surface area (Å²) in [5.74, 6) is 0.459. The zero-order valence-electron chi connectivity index (χ0n) is 11.5. The first-order valence-electron chi connectivity index (χ1n) is 6.23. The average molecular weight is 288 g/mol. The fourth-order valence-electron chi connectivity index (χ4n) is 1.89. The number of benzene rings is 2. The summed E-state index contributed by atoms with van der Waals surface area (Å²) in [6.07, 6.45) is 0. The lowest BCUT2D eigenvalue weighted by molar-refractivity contribution is 0.102. The molecule has 0 amide bonds. The molecule has 3 nitrogen and oxygen atoms in total. The van der Waals surface area contributed by atoms with Gasteiger partial charge in [-0.15, -0.1) is 0 Å². The van der Waals surface area contributed by atoms with E-state index in [-0.39, 0.29) is 11.5 Å². The number of ketones is 1. The van der Waals surface area contributed by atoms with Crippen LogP contribution in [0, 0.1) is 6.92 Å². The van der Waals surface area contributed by atoms with Crippen LogP contribution < -0.4 is 4.74 Å². The maximum Gasteiger partial charge on any atom is 0.175 e. The van der Waals surface area contributed by atoms with Crippen LogP contribution in [0.4, 0.5) is 0 Å². The molecule has 0 fully saturated rings. The predicted molar refractivity (Wildman–Crippen MR) is 79.8 cm³/mol. The van der Waals surface area contributed by atoms with Crippen molar-refractivity contribution in [2.45, 2.75) is 11.8 Å². The van der Waals surface area contributed by atoms with Crippen molar-refractivity contribution in [2.75, 3.05) is 12.9 Å². The zero-order chi connectivity index (χ0) is 14.5. The van der Waals surface area contributed by atoms with Gasteiger partial charge in [-0.3, -0.25) is 9.00 Å². The highest BCUT2D eigenvalue weighted by atomic mass is 32.2. The van der Waals surface area contributed by atoms with Crippen LogP contribution in [0.15, 0.2) is 53.4 Å². The lowest BCUT2D eigenvalue weighted by atomic mass is 10.1. The molecule has 0 aliphatic heterocycles. The summed E-state index contributed by atoms with van der Waals surface area (Å²) in [6, 6.07) is 14.3. The number of hydrogen-bond acceptors (Lipinski definition) is 3. The third-order valence-electron chi connectivity index (χ3n) is 2.99. The van der Waals surface area contributed by atoms with Gasteiger partial charge < -0.3 is 4.74 Å². The Morgan fingerprint density at radius 1 is 1.15 bits per heavy atom. The van der Waals surface area contributed by atoms with Gasteiger partial charge >= 0.3 is 0 Å². The van der Waals surface area contributed by atoms with E-state index in [1.165, 1.54) is 0 Å². The van der Waals surface area contributed by atoms with Gasteiger partial charge in [-0.05, 0) is 30.7 Å². The Hall–Kier alpha value is -1.94. The van der Waals surface area contributed by atoms with E-state index in [0.717, 1.165) is 5.56 Å². The smallest absolute Gasteiger partial charge is 0.175 e. The molecule has 0 saturated carbocycles. The average Bonchev–Trinajstić information content (AvgIpc) is 2.47. The monoisotopic (exact) mass is 288 g/mol. The maximum atomic E-state index is 12.3. The maximum absolute atomic E-state index is 12.3. The first kappa shape index (κ1) is 14.5. The van der Waals surface area contributed by atoms with Crippen molar-refractivity contribution >= 4 is 16.6 Å². The predicted octanol–water partition coefficient (Wildman–Crippen LogP) is 2.99. The molecule has 1 unspecified atom stereocenters. The molecule has 0 aromatic heterocycles. The Kier molecular flexibility index (Phi) is 4.69. The van der Waals surface area contributed by atoms with Crippen LogP contribution >= 0.6 is 0 Å². The highest BCUT2D eigenvalue weighted by Crippen LogP contribution is 2.16. The molecule has 1 atom stereocenters. The van der Waals surface area contributed by atoms with Crippen molar-refractivity contribution in [1.29, 1.82) is 0 Å². The van der Waals surface area contributed by atoms with Gasteiger partial charge in [0.25, 0.3) is 0 Å². The number of methoxy groups -OCH3 is 1. The van der Waals surface area contributed by atoms with Crippen LogP contribution in [-0.4, -0.2) is 22.9 Å². The highest BCUT2D eigenvalue weighted by molar-refractivity contribution is 7.85. The van der Waals surface area contributed by atoms with E-state index in [2.05, 4.69) is 0 Å². The standard InChI is InChI=1S/C16H16O3S/c1-12-6-3-4-9-16(12)20(18)11-15(17)13-7-5-8-14(10-13)19-2/h3-10H,11H2,1-2H3. The second-order valence-electron chi connectivity index (χ2n) is 4.41. The number of Topliss-reactive ketones (excluding diaryl/α,β-unsaturated/α-hetero) is 1. The van der Waals surface area contributed by atoms with Gasteiger partial charge in [-0.25, -0.2) is 0 Å². The third-order valence-corrected chi connectivity index (χ3v) is 4.47. The number of ether oxygens (including phenoxy) is 1. The van der Waals surface area contributed by atoms with E-state index in [1.54, 1.807) is 37.4 Å². The van der Waals surface area contributed by atoms with E-state index < -0.39 is 10.8 Å². The molecule has 4 heteroatoms. The Morgan fingerprint density at radius 2 is 1.90 bits per heavy atom. The first-order chi connectivity index (χ1) is 9.61. The fraction of sp³-hybridized carbons (Fsp3) is 0.188. The molecule has 0 bridgehead atoms. The van der Waals surface area contributed by atoms with Gasteiger partial charge in [0.1, 0.15) is 5.75 Å². The molecule has 0 aliphatic rings. The molecule has 2 aromatic rings. The van der Waals surface area contributed by atoms with Crippen LogP contribution in [0.2, 0.25) is 0 Å². The molecule has 0 aliphatic carbocycles. The van der Waals surface area contributed by atoms with E-state index in [1.807, 2.05) is 25.1 Å². The minimum atomic E-state index is -1.32. The summed E-state index contributed by atoms with van der Waals surface area (Å²) in [7, 11) is 0.226. The van der Waals surface area contributed by atoms with Gasteiger partial charge in [0, 0.05) is 10.5 Å². The lowest BCUT2D eigenvalue weighted by Gasteiger charge is -2.06. The van der Waals surface area contributed by atoms with Crippen molar-refractivity contribution in [2.24, 2.45) is 0 Å². The van der Waals surface area contributed by atoms with E-state index in [0.29, 0.717) is 16.2 Å². The van der Waals surface area contributed by atoms with Gasteiger partial charge in [-0.2, -0.15) is 0 Å². The molecule has 0 saturated heterocycles. The Bertz CT molecular complexity index is 650. The summed E-state index contributed by atoms with van der Waals surface area (Å²) in [5, 5.41) is 0. The summed E-state index contributed by atoms with van der Waals surface area (Å²) < 4.78 is 17.3. The van der Waals surface area contributed by atoms with Crippen molar-refractivity contribution in [3.8, 4) is 5.75 Å². The summed E-state index contributed by atoms with van der Waals surface area (Å²) >= 11 is 0. The van der Waals surface area contributed by atoms with Gasteiger partial charge in [0.05, 0.1) is 23.7 Å². The molecule has 20 heavy (non-hydrogen) atoms. The Labute approximate surface area is 121 Å². The minimum Gasteiger partial charge on any atom is -0.497 e. The zero-order valence-corrected chi connectivity index (χ0v) is 12.3. The molecular weight excluding hydrogens is 272 g/mol. The Morgan fingerprint density at radius 3 is 2.60 bits per heavy atom. The van der Waals surface area contributed by atoms with E-state index in [9.17, 15) is 9.00 Å². The fourth-order valence-corrected chi connectivity index (χ4v) is 3.11. The van der Waals surface area contributed by atoms with Crippen LogP contribution in [0.3, 0.4) is 0 Å². The normalized spacial score (nSPS) is 11.9. The number of carbonyl (C=O) groups is 1. The molecule has 2 rings (SSSR count). The highest BCUT2D eigenvalue weighted by Gasteiger charge is 2.14. The number of carbonyl (C=O) groups excluding carboxylic acids is 1. The van der Waals surface area contributed by atoms with Gasteiger partial charge in [0.2, 0.25) is 0 Å². The number of aryl methyl sites for hydroxylation is 1. The van der Waals surface area contributed by atoms with Crippen molar-refractivity contribution in [3.63, 3.8) is 0 Å². The second kappa shape index (κ2) is 6.48. The van der Waals surface area contributed by atoms with E-state index in [4.69, 9.17) is 4.74 Å². The summed E-state index contributed by atoms with van der Waals surface area (Å²) in [5.41, 5.74) is 1.45. The first-order valence-corrected chi connectivity index (χ1v) is 7.55. The molecule has 2 aromatic carbocycles. The summed E-state index contributed by atoms with van der Waals surface area (Å²) in [6.45, 7) is 1.89. The number of rotatable bonds is 5. The molecular formula is C16H16O3S. The largest absolute Gasteiger partial charge is 0.497 e. The van der Waals surface area contributed by atoms with Crippen LogP contribution in [0.5, 0.6) is 5.75 Å². The SMILES string of the molecule is COc1cccc(C(=O)CS(=O)c2ccccc2C)c1. The van der Waals surface area contributed by atoms with Crippen LogP contribution in [0.25, 0.3) is 0 Å². The molecule has 0 radical (unpaired) electrons. The molecule has 0 N–H and O–H groups in total. The topological polar surface area (TPSA) is 43.4 Å². The van der Waals surface area contributed by atoms with Crippen LogP contribution in [0.1, 0.15) is 15.9 Å². The second-order valence-corrected chi connectivity index (χ2v) is 5.83. The third kappa shape index (κ3) is 3.33. The van der Waals surface area contributed by atoms with Crippen molar-refractivity contribution < 1.29 is 13.7 Å². The van der Waals surface area contributed by atoms with Crippen molar-refractivity contribution in [1.82, 2.24) is 0 Å². The summed E-state index contributed by atoms with van der Waals surface area (Å²) in [4.78, 5) is 12.9. The minimum absolute atomic E-state index is 0.0159. The number of hydrogen-bond donors (Lipinski definition) is 0. The van der Waals surface area contributed by atoms with E-state index >= 15 is 0 Å². The van der Waals surface area contributed by atoms with Gasteiger partial charge in [0.15, 0.2) is 5.78 Å². The lowest BCUT2D eigenvalue weighted by Crippen LogP contribution is -2.12. The van der Waals surface area contributed by atoms with Crippen molar-refractivity contribution in [3.05, 3.63) is 59.7 Å². The van der Waals surface area contributed by atoms with Gasteiger partial charge in [-0.1, -0.05) is 30.3 Å². The quantitative estimate of drug-likeness (QED) is 0.794.